The van der Waals surface area contributed by atoms with E-state index in [1.54, 1.807) is 5.30 Å². The maximum atomic E-state index is 2.39. The van der Waals surface area contributed by atoms with E-state index in [9.17, 15) is 0 Å². The summed E-state index contributed by atoms with van der Waals surface area (Å²) in [6.45, 7) is 13.8. The van der Waals surface area contributed by atoms with Crippen LogP contribution in [0.1, 0.15) is 16.7 Å². The second-order valence-corrected chi connectivity index (χ2v) is 9.23. The Morgan fingerprint density at radius 1 is 0.846 bits per heavy atom. The van der Waals surface area contributed by atoms with Gasteiger partial charge in [0.15, 0.2) is 0 Å². The number of hydrogen-bond donors (Lipinski definition) is 0. The third kappa shape index (κ3) is 2.31. The molecule has 0 aliphatic carbocycles. The summed E-state index contributed by atoms with van der Waals surface area (Å²) >= 11 is 0. The number of rotatable bonds is 1. The lowest BCUT2D eigenvalue weighted by molar-refractivity contribution is 1.35. The third-order valence-electron chi connectivity index (χ3n) is 2.31. The molecule has 0 aliphatic rings. The fourth-order valence-electron chi connectivity index (χ4n) is 2.23. The van der Waals surface area contributed by atoms with Crippen molar-refractivity contribution in [3.05, 3.63) is 28.8 Å². The predicted molar refractivity (Wildman–Crippen MR) is 65.0 cm³/mol. The Morgan fingerprint density at radius 3 is 1.54 bits per heavy atom. The molecule has 1 rings (SSSR count). The van der Waals surface area contributed by atoms with Gasteiger partial charge in [0.2, 0.25) is 0 Å². The topological polar surface area (TPSA) is 0 Å². The van der Waals surface area contributed by atoms with E-state index in [0.29, 0.717) is 0 Å². The Balaban J connectivity index is 3.38. The molecule has 1 aromatic carbocycles. The second kappa shape index (κ2) is 3.42. The fourth-order valence-corrected chi connectivity index (χ4v) is 4.48. The SMILES string of the molecule is Cc1cc(C)c([P+](C)(C)C)c(C)c1. The largest absolute Gasteiger partial charge is 0.0988 e. The lowest BCUT2D eigenvalue weighted by atomic mass is 10.1. The van der Waals surface area contributed by atoms with Crippen LogP contribution in [0.4, 0.5) is 0 Å². The van der Waals surface area contributed by atoms with E-state index < -0.39 is 7.26 Å². The molecule has 0 aromatic heterocycles. The number of hydrogen-bond acceptors (Lipinski definition) is 0. The van der Waals surface area contributed by atoms with Gasteiger partial charge in [-0.2, -0.15) is 0 Å². The van der Waals surface area contributed by atoms with Gasteiger partial charge < -0.3 is 0 Å². The standard InChI is InChI=1S/C12H20P/c1-9-7-10(2)12(11(3)8-9)13(4,5)6/h7-8H,1-6H3/q+1. The third-order valence-corrected chi connectivity index (χ3v) is 4.35. The molecule has 0 nitrogen and oxygen atoms in total. The minimum absolute atomic E-state index is 0.863. The summed E-state index contributed by atoms with van der Waals surface area (Å²) in [6.07, 6.45) is 0. The molecule has 0 amide bonds. The molecule has 0 N–H and O–H groups in total. The number of aryl methyl sites for hydroxylation is 3. The summed E-state index contributed by atoms with van der Waals surface area (Å²) in [5.41, 5.74) is 4.32. The van der Waals surface area contributed by atoms with Gasteiger partial charge in [0.05, 0.1) is 25.3 Å². The lowest BCUT2D eigenvalue weighted by Crippen LogP contribution is -2.15. The minimum Gasteiger partial charge on any atom is -0.0524 e. The van der Waals surface area contributed by atoms with Gasteiger partial charge in [-0.25, -0.2) is 0 Å². The fraction of sp³-hybridized carbons (Fsp3) is 0.500. The molecule has 0 atom stereocenters. The van der Waals surface area contributed by atoms with Crippen molar-refractivity contribution in [1.29, 1.82) is 0 Å². The van der Waals surface area contributed by atoms with Gasteiger partial charge >= 0.3 is 0 Å². The van der Waals surface area contributed by atoms with E-state index in [4.69, 9.17) is 0 Å². The first-order valence-electron chi connectivity index (χ1n) is 4.72. The van der Waals surface area contributed by atoms with E-state index in [0.717, 1.165) is 0 Å². The van der Waals surface area contributed by atoms with Crippen molar-refractivity contribution in [2.45, 2.75) is 20.8 Å². The smallest absolute Gasteiger partial charge is 0.0524 e. The molecule has 0 saturated heterocycles. The van der Waals surface area contributed by atoms with Gasteiger partial charge in [-0.15, -0.1) is 0 Å². The van der Waals surface area contributed by atoms with Crippen molar-refractivity contribution in [2.24, 2.45) is 0 Å². The quantitative estimate of drug-likeness (QED) is 0.604. The van der Waals surface area contributed by atoms with E-state index in [2.05, 4.69) is 52.9 Å². The molecule has 0 spiro atoms. The van der Waals surface area contributed by atoms with Gasteiger partial charge in [0.25, 0.3) is 0 Å². The normalized spacial score (nSPS) is 11.8. The van der Waals surface area contributed by atoms with Crippen LogP contribution in [0.2, 0.25) is 0 Å². The predicted octanol–water partition coefficient (Wildman–Crippen LogP) is 3.14. The highest BCUT2D eigenvalue weighted by molar-refractivity contribution is 7.81. The minimum atomic E-state index is -0.863. The molecular formula is C12H20P+. The van der Waals surface area contributed by atoms with Crippen LogP contribution in [0.15, 0.2) is 12.1 Å². The van der Waals surface area contributed by atoms with Gasteiger partial charge in [-0.05, 0) is 31.9 Å². The molecule has 0 heterocycles. The maximum Gasteiger partial charge on any atom is 0.0988 e. The molecule has 0 unspecified atom stereocenters. The maximum absolute atomic E-state index is 2.39. The first kappa shape index (κ1) is 10.7. The Morgan fingerprint density at radius 2 is 1.23 bits per heavy atom. The van der Waals surface area contributed by atoms with E-state index in [1.807, 2.05) is 0 Å². The Kier molecular flexibility index (Phi) is 2.82. The zero-order valence-electron chi connectivity index (χ0n) is 9.60. The van der Waals surface area contributed by atoms with Crippen molar-refractivity contribution < 1.29 is 0 Å². The van der Waals surface area contributed by atoms with Crippen LogP contribution >= 0.6 is 7.26 Å². The van der Waals surface area contributed by atoms with Crippen LogP contribution in [0.3, 0.4) is 0 Å². The van der Waals surface area contributed by atoms with Crippen molar-refractivity contribution in [3.8, 4) is 0 Å². The average Bonchev–Trinajstić information content (AvgIpc) is 1.78. The first-order valence-corrected chi connectivity index (χ1v) is 7.85. The Bertz CT molecular complexity index is 295. The zero-order chi connectivity index (χ0) is 10.2. The second-order valence-electron chi connectivity index (χ2n) is 4.76. The lowest BCUT2D eigenvalue weighted by Gasteiger charge is -2.17. The number of benzene rings is 1. The molecule has 1 aromatic rings. The molecule has 1 heteroatoms. The summed E-state index contributed by atoms with van der Waals surface area (Å²) in [5.74, 6) is 0. The van der Waals surface area contributed by atoms with E-state index in [1.165, 1.54) is 16.7 Å². The summed E-state index contributed by atoms with van der Waals surface area (Å²) < 4.78 is 0. The molecule has 0 fully saturated rings. The van der Waals surface area contributed by atoms with Crippen molar-refractivity contribution in [3.63, 3.8) is 0 Å². The van der Waals surface area contributed by atoms with Crippen molar-refractivity contribution in [2.75, 3.05) is 20.0 Å². The highest BCUT2D eigenvalue weighted by Crippen LogP contribution is 2.47. The molecular weight excluding hydrogens is 175 g/mol. The molecule has 13 heavy (non-hydrogen) atoms. The Labute approximate surface area is 82.7 Å². The first-order chi connectivity index (χ1) is 5.82. The highest BCUT2D eigenvalue weighted by atomic mass is 31.2. The Hall–Kier alpha value is -0.350. The molecule has 0 radical (unpaired) electrons. The van der Waals surface area contributed by atoms with Crippen LogP contribution < -0.4 is 5.30 Å². The summed E-state index contributed by atoms with van der Waals surface area (Å²) in [7, 11) is -0.863. The van der Waals surface area contributed by atoms with Crippen LogP contribution in [0.25, 0.3) is 0 Å². The van der Waals surface area contributed by atoms with Crippen molar-refractivity contribution >= 4 is 12.6 Å². The van der Waals surface area contributed by atoms with Crippen LogP contribution in [0.5, 0.6) is 0 Å². The van der Waals surface area contributed by atoms with E-state index in [-0.39, 0.29) is 0 Å². The van der Waals surface area contributed by atoms with E-state index >= 15 is 0 Å². The molecule has 0 aliphatic heterocycles. The average molecular weight is 195 g/mol. The van der Waals surface area contributed by atoms with Crippen LogP contribution in [-0.2, 0) is 0 Å². The molecule has 0 bridgehead atoms. The van der Waals surface area contributed by atoms with Crippen LogP contribution in [-0.4, -0.2) is 20.0 Å². The van der Waals surface area contributed by atoms with Gasteiger partial charge in [0, 0.05) is 7.26 Å². The highest BCUT2D eigenvalue weighted by Gasteiger charge is 2.25. The van der Waals surface area contributed by atoms with Crippen molar-refractivity contribution in [1.82, 2.24) is 0 Å². The van der Waals surface area contributed by atoms with Gasteiger partial charge in [-0.3, -0.25) is 0 Å². The summed E-state index contributed by atoms with van der Waals surface area (Å²) in [5, 5.41) is 1.61. The van der Waals surface area contributed by atoms with Crippen LogP contribution in [0, 0.1) is 20.8 Å². The monoisotopic (exact) mass is 195 g/mol. The zero-order valence-corrected chi connectivity index (χ0v) is 10.5. The van der Waals surface area contributed by atoms with Gasteiger partial charge in [0.1, 0.15) is 0 Å². The molecule has 72 valence electrons. The van der Waals surface area contributed by atoms with Gasteiger partial charge in [-0.1, -0.05) is 17.7 Å². The summed E-state index contributed by atoms with van der Waals surface area (Å²) in [4.78, 5) is 0. The molecule has 0 saturated carbocycles. The summed E-state index contributed by atoms with van der Waals surface area (Å²) in [6, 6.07) is 4.60.